The summed E-state index contributed by atoms with van der Waals surface area (Å²) >= 11 is 0. The van der Waals surface area contributed by atoms with Crippen molar-refractivity contribution < 1.29 is 17.6 Å². The lowest BCUT2D eigenvalue weighted by Crippen LogP contribution is -2.04. The van der Waals surface area contributed by atoms with Crippen LogP contribution in [0.5, 0.6) is 0 Å². The molecule has 0 spiro atoms. The lowest BCUT2D eigenvalue weighted by molar-refractivity contribution is -0.137. The maximum atomic E-state index is 15.0. The summed E-state index contributed by atoms with van der Waals surface area (Å²) in [5, 5.41) is 1.09. The Labute approximate surface area is 201 Å². The molecular formula is C31H20F4. The number of hydrogen-bond acceptors (Lipinski definition) is 0. The van der Waals surface area contributed by atoms with E-state index in [-0.39, 0.29) is 5.56 Å². The van der Waals surface area contributed by atoms with Crippen LogP contribution >= 0.6 is 0 Å². The summed E-state index contributed by atoms with van der Waals surface area (Å²) in [6.45, 7) is 3.74. The lowest BCUT2D eigenvalue weighted by atomic mass is 10.0. The van der Waals surface area contributed by atoms with Gasteiger partial charge < -0.3 is 0 Å². The van der Waals surface area contributed by atoms with Gasteiger partial charge in [0.1, 0.15) is 5.82 Å². The van der Waals surface area contributed by atoms with Crippen molar-refractivity contribution in [1.29, 1.82) is 0 Å². The molecule has 172 valence electrons. The van der Waals surface area contributed by atoms with E-state index in [4.69, 9.17) is 0 Å². The average Bonchev–Trinajstić information content (AvgIpc) is 2.86. The molecule has 0 nitrogen and oxygen atoms in total. The molecule has 35 heavy (non-hydrogen) atoms. The standard InChI is InChI=1S/C31H20F4/c1-2-3-4-22-5-7-23(8-6-22)9-10-25-14-20-29-27(21-25)17-16-26(30(29)32)15-11-24-12-18-28(19-13-24)31(33,34)35/h2,5-8,12-14,16-21H,1,3-4H2. The van der Waals surface area contributed by atoms with Gasteiger partial charge in [-0.1, -0.05) is 54.0 Å². The van der Waals surface area contributed by atoms with Gasteiger partial charge in [-0.15, -0.1) is 6.58 Å². The third-order valence-electron chi connectivity index (χ3n) is 5.45. The van der Waals surface area contributed by atoms with Gasteiger partial charge in [-0.25, -0.2) is 4.39 Å². The molecule has 0 saturated carbocycles. The monoisotopic (exact) mass is 468 g/mol. The number of allylic oxidation sites excluding steroid dienone is 1. The normalized spacial score (nSPS) is 10.7. The SMILES string of the molecule is C=CCCc1ccc(C#Cc2ccc3c(F)c(C#Cc4ccc(C(F)(F)F)cc4)ccc3c2)cc1. The minimum absolute atomic E-state index is 0.174. The molecule has 0 aromatic heterocycles. The maximum Gasteiger partial charge on any atom is 0.416 e. The number of benzene rings is 4. The Morgan fingerprint density at radius 3 is 1.97 bits per heavy atom. The van der Waals surface area contributed by atoms with Crippen molar-refractivity contribution in [3.63, 3.8) is 0 Å². The highest BCUT2D eigenvalue weighted by Gasteiger charge is 2.29. The highest BCUT2D eigenvalue weighted by Crippen LogP contribution is 2.29. The van der Waals surface area contributed by atoms with Crippen LogP contribution in [0.4, 0.5) is 17.6 Å². The van der Waals surface area contributed by atoms with Crippen LogP contribution in [0.2, 0.25) is 0 Å². The van der Waals surface area contributed by atoms with Crippen LogP contribution in [0.15, 0.2) is 91.5 Å². The highest BCUT2D eigenvalue weighted by atomic mass is 19.4. The molecule has 0 saturated heterocycles. The molecule has 0 amide bonds. The van der Waals surface area contributed by atoms with Crippen LogP contribution in [0, 0.1) is 29.5 Å². The van der Waals surface area contributed by atoms with E-state index in [1.807, 2.05) is 24.3 Å². The first kappa shape index (κ1) is 23.9. The van der Waals surface area contributed by atoms with Crippen LogP contribution in [0.25, 0.3) is 10.8 Å². The van der Waals surface area contributed by atoms with Crippen LogP contribution in [-0.2, 0) is 12.6 Å². The van der Waals surface area contributed by atoms with E-state index in [0.717, 1.165) is 36.1 Å². The van der Waals surface area contributed by atoms with E-state index in [0.29, 0.717) is 16.3 Å². The van der Waals surface area contributed by atoms with E-state index in [1.165, 1.54) is 17.7 Å². The molecule has 0 radical (unpaired) electrons. The molecule has 0 aliphatic heterocycles. The number of halogens is 4. The van der Waals surface area contributed by atoms with Gasteiger partial charge in [0.05, 0.1) is 11.1 Å². The quantitative estimate of drug-likeness (QED) is 0.163. The molecule has 4 rings (SSSR count). The van der Waals surface area contributed by atoms with Crippen LogP contribution in [-0.4, -0.2) is 0 Å². The molecule has 4 aromatic rings. The van der Waals surface area contributed by atoms with Crippen molar-refractivity contribution in [2.45, 2.75) is 19.0 Å². The molecule has 0 fully saturated rings. The molecule has 4 heteroatoms. The second-order valence-corrected chi connectivity index (χ2v) is 7.96. The summed E-state index contributed by atoms with van der Waals surface area (Å²) in [6.07, 6.45) is -0.633. The fourth-order valence-electron chi connectivity index (χ4n) is 3.52. The molecule has 4 aromatic carbocycles. The Morgan fingerprint density at radius 2 is 1.31 bits per heavy atom. The van der Waals surface area contributed by atoms with Crippen LogP contribution in [0.3, 0.4) is 0 Å². The van der Waals surface area contributed by atoms with Crippen molar-refractivity contribution in [3.8, 4) is 23.7 Å². The van der Waals surface area contributed by atoms with Crippen molar-refractivity contribution in [3.05, 3.63) is 131 Å². The van der Waals surface area contributed by atoms with Crippen molar-refractivity contribution in [2.24, 2.45) is 0 Å². The number of alkyl halides is 3. The maximum absolute atomic E-state index is 15.0. The van der Waals surface area contributed by atoms with Gasteiger partial charge in [0.15, 0.2) is 0 Å². The fourth-order valence-corrected chi connectivity index (χ4v) is 3.52. The Balaban J connectivity index is 1.53. The Bertz CT molecular complexity index is 1480. The second-order valence-electron chi connectivity index (χ2n) is 7.96. The van der Waals surface area contributed by atoms with Gasteiger partial charge in [0, 0.05) is 22.1 Å². The van der Waals surface area contributed by atoms with Gasteiger partial charge >= 0.3 is 6.18 Å². The van der Waals surface area contributed by atoms with E-state index in [1.54, 1.807) is 24.3 Å². The molecule has 0 unspecified atom stereocenters. The van der Waals surface area contributed by atoms with Gasteiger partial charge in [-0.05, 0) is 78.4 Å². The Hall–Kier alpha value is -4.28. The van der Waals surface area contributed by atoms with Crippen LogP contribution in [0.1, 0.15) is 39.8 Å². The molecule has 0 atom stereocenters. The second kappa shape index (κ2) is 10.3. The summed E-state index contributed by atoms with van der Waals surface area (Å²) in [7, 11) is 0. The topological polar surface area (TPSA) is 0 Å². The summed E-state index contributed by atoms with van der Waals surface area (Å²) in [5.41, 5.74) is 2.68. The van der Waals surface area contributed by atoms with Crippen molar-refractivity contribution >= 4 is 10.8 Å². The zero-order valence-corrected chi connectivity index (χ0v) is 18.7. The molecule has 0 N–H and O–H groups in total. The zero-order chi connectivity index (χ0) is 24.8. The van der Waals surface area contributed by atoms with Crippen molar-refractivity contribution in [2.75, 3.05) is 0 Å². The first-order chi connectivity index (χ1) is 16.8. The number of aryl methyl sites for hydroxylation is 1. The molecule has 0 heterocycles. The van der Waals surface area contributed by atoms with Crippen LogP contribution < -0.4 is 0 Å². The summed E-state index contributed by atoms with van der Waals surface area (Å²) in [4.78, 5) is 0. The average molecular weight is 468 g/mol. The Morgan fingerprint density at radius 1 is 0.714 bits per heavy atom. The van der Waals surface area contributed by atoms with Gasteiger partial charge in [0.25, 0.3) is 0 Å². The Kier molecular flexibility index (Phi) is 7.04. The third kappa shape index (κ3) is 5.99. The highest BCUT2D eigenvalue weighted by molar-refractivity contribution is 5.86. The summed E-state index contributed by atoms with van der Waals surface area (Å²) in [6, 6.07) is 21.1. The predicted molar refractivity (Wildman–Crippen MR) is 132 cm³/mol. The third-order valence-corrected chi connectivity index (χ3v) is 5.45. The van der Waals surface area contributed by atoms with Gasteiger partial charge in [-0.3, -0.25) is 0 Å². The zero-order valence-electron chi connectivity index (χ0n) is 18.7. The van der Waals surface area contributed by atoms with E-state index < -0.39 is 17.6 Å². The van der Waals surface area contributed by atoms with Gasteiger partial charge in [-0.2, -0.15) is 13.2 Å². The fraction of sp³-hybridized carbons (Fsp3) is 0.0968. The number of fused-ring (bicyclic) bond motifs is 1. The first-order valence-electron chi connectivity index (χ1n) is 11.0. The lowest BCUT2D eigenvalue weighted by Gasteiger charge is -2.05. The minimum Gasteiger partial charge on any atom is -0.205 e. The summed E-state index contributed by atoms with van der Waals surface area (Å²) in [5.74, 6) is 11.2. The predicted octanol–water partition coefficient (Wildman–Crippen LogP) is 7.92. The largest absolute Gasteiger partial charge is 0.416 e. The van der Waals surface area contributed by atoms with E-state index in [9.17, 15) is 13.2 Å². The minimum atomic E-state index is -4.41. The van der Waals surface area contributed by atoms with E-state index in [2.05, 4.69) is 42.4 Å². The molecule has 0 bridgehead atoms. The molecular weight excluding hydrogens is 448 g/mol. The van der Waals surface area contributed by atoms with E-state index >= 15 is 4.39 Å². The smallest absolute Gasteiger partial charge is 0.205 e. The molecule has 0 aliphatic carbocycles. The molecule has 0 aliphatic rings. The number of rotatable bonds is 3. The van der Waals surface area contributed by atoms with Gasteiger partial charge in [0.2, 0.25) is 0 Å². The number of hydrogen-bond donors (Lipinski definition) is 0. The first-order valence-corrected chi connectivity index (χ1v) is 11.0. The summed E-state index contributed by atoms with van der Waals surface area (Å²) < 4.78 is 53.1. The van der Waals surface area contributed by atoms with Crippen molar-refractivity contribution in [1.82, 2.24) is 0 Å².